The normalized spacial score (nSPS) is 13.4. The Morgan fingerprint density at radius 1 is 1.42 bits per heavy atom. The van der Waals surface area contributed by atoms with Crippen molar-refractivity contribution in [3.63, 3.8) is 0 Å². The molecule has 0 bridgehead atoms. The zero-order chi connectivity index (χ0) is 9.14. The van der Waals surface area contributed by atoms with Crippen molar-refractivity contribution < 1.29 is 4.55 Å². The third-order valence-electron chi connectivity index (χ3n) is 1.76. The maximum absolute atomic E-state index is 10.9. The van der Waals surface area contributed by atoms with Gasteiger partial charge in [-0.3, -0.25) is 0 Å². The third-order valence-corrected chi connectivity index (χ3v) is 2.48. The zero-order valence-electron chi connectivity index (χ0n) is 7.28. The molecular formula is C9H13NOS. The van der Waals surface area contributed by atoms with Crippen LogP contribution in [0.5, 0.6) is 0 Å². The van der Waals surface area contributed by atoms with Crippen molar-refractivity contribution in [1.82, 2.24) is 0 Å². The summed E-state index contributed by atoms with van der Waals surface area (Å²) in [6.45, 7) is 4.19. The van der Waals surface area contributed by atoms with Crippen molar-refractivity contribution >= 4 is 11.4 Å². The highest BCUT2D eigenvalue weighted by molar-refractivity contribution is 7.89. The van der Waals surface area contributed by atoms with Gasteiger partial charge in [-0.1, -0.05) is 26.0 Å². The molecule has 0 spiro atoms. The van der Waals surface area contributed by atoms with Crippen LogP contribution in [0.2, 0.25) is 0 Å². The molecule has 1 aromatic carbocycles. The second-order valence-electron chi connectivity index (χ2n) is 3.02. The van der Waals surface area contributed by atoms with Crippen LogP contribution in [0, 0.1) is 0 Å². The molecule has 2 nitrogen and oxygen atoms in total. The molecule has 0 aliphatic heterocycles. The lowest BCUT2D eigenvalue weighted by molar-refractivity contribution is 0.596. The highest BCUT2D eigenvalue weighted by atomic mass is 32.2. The molecule has 0 fully saturated rings. The lowest BCUT2D eigenvalue weighted by atomic mass is 10.0. The minimum atomic E-state index is -1.36. The summed E-state index contributed by atoms with van der Waals surface area (Å²) in [5, 5.41) is 5.25. The SMILES string of the molecule is CC(C)c1cccc([S+](N)[O-])c1. The Balaban J connectivity index is 2.96. The summed E-state index contributed by atoms with van der Waals surface area (Å²) in [6.07, 6.45) is 0. The molecule has 2 N–H and O–H groups in total. The van der Waals surface area contributed by atoms with E-state index in [9.17, 15) is 4.55 Å². The lowest BCUT2D eigenvalue weighted by Gasteiger charge is -2.07. The van der Waals surface area contributed by atoms with Gasteiger partial charge in [-0.05, 0) is 23.6 Å². The molecule has 0 aromatic heterocycles. The first kappa shape index (κ1) is 9.58. The molecule has 0 saturated carbocycles. The van der Waals surface area contributed by atoms with Gasteiger partial charge in [0, 0.05) is 0 Å². The molecule has 1 aromatic rings. The second-order valence-corrected chi connectivity index (χ2v) is 4.09. The summed E-state index contributed by atoms with van der Waals surface area (Å²) in [4.78, 5) is 0.696. The topological polar surface area (TPSA) is 49.1 Å². The molecule has 3 heteroatoms. The minimum Gasteiger partial charge on any atom is -0.593 e. The lowest BCUT2D eigenvalue weighted by Crippen LogP contribution is -2.12. The quantitative estimate of drug-likeness (QED) is 0.711. The maximum Gasteiger partial charge on any atom is 0.173 e. The fourth-order valence-corrected chi connectivity index (χ4v) is 1.46. The first-order valence-corrected chi connectivity index (χ1v) is 5.08. The van der Waals surface area contributed by atoms with E-state index < -0.39 is 11.4 Å². The van der Waals surface area contributed by atoms with E-state index in [-0.39, 0.29) is 0 Å². The van der Waals surface area contributed by atoms with E-state index in [1.807, 2.05) is 18.2 Å². The van der Waals surface area contributed by atoms with Crippen molar-refractivity contribution in [2.24, 2.45) is 5.14 Å². The third kappa shape index (κ3) is 2.24. The van der Waals surface area contributed by atoms with Crippen LogP contribution in [-0.4, -0.2) is 4.55 Å². The van der Waals surface area contributed by atoms with E-state index in [0.717, 1.165) is 0 Å². The molecule has 1 atom stereocenters. The molecule has 0 amide bonds. The van der Waals surface area contributed by atoms with Crippen molar-refractivity contribution in [3.8, 4) is 0 Å². The molecule has 0 aliphatic carbocycles. The Bertz CT molecular complexity index is 237. The summed E-state index contributed by atoms with van der Waals surface area (Å²) >= 11 is -1.36. The Morgan fingerprint density at radius 3 is 2.58 bits per heavy atom. The Hall–Kier alpha value is -0.510. The summed E-state index contributed by atoms with van der Waals surface area (Å²) < 4.78 is 10.9. The van der Waals surface area contributed by atoms with E-state index in [2.05, 4.69) is 13.8 Å². The minimum absolute atomic E-state index is 0.452. The van der Waals surface area contributed by atoms with Gasteiger partial charge >= 0.3 is 0 Å². The average Bonchev–Trinajstić information content (AvgIpc) is 2.04. The van der Waals surface area contributed by atoms with Gasteiger partial charge in [0.15, 0.2) is 4.90 Å². The number of hydrogen-bond donors (Lipinski definition) is 1. The monoisotopic (exact) mass is 183 g/mol. The average molecular weight is 183 g/mol. The van der Waals surface area contributed by atoms with E-state index in [0.29, 0.717) is 10.8 Å². The van der Waals surface area contributed by atoms with Crippen molar-refractivity contribution in [2.45, 2.75) is 24.7 Å². The zero-order valence-corrected chi connectivity index (χ0v) is 8.10. The van der Waals surface area contributed by atoms with Crippen molar-refractivity contribution in [1.29, 1.82) is 0 Å². The summed E-state index contributed by atoms with van der Waals surface area (Å²) in [5.41, 5.74) is 1.17. The standard InChI is InChI=1S/C9H13NOS/c1-7(2)8-4-3-5-9(6-8)12(10)11/h3-7H,10H2,1-2H3. The predicted octanol–water partition coefficient (Wildman–Crippen LogP) is 1.79. The Labute approximate surface area is 76.1 Å². The van der Waals surface area contributed by atoms with E-state index in [1.165, 1.54) is 5.56 Å². The van der Waals surface area contributed by atoms with Gasteiger partial charge in [0.1, 0.15) is 0 Å². The Morgan fingerprint density at radius 2 is 2.08 bits per heavy atom. The molecule has 1 rings (SSSR count). The summed E-state index contributed by atoms with van der Waals surface area (Å²) in [5.74, 6) is 0.452. The fourth-order valence-electron chi connectivity index (χ4n) is 0.999. The van der Waals surface area contributed by atoms with Gasteiger partial charge in [-0.2, -0.15) is 0 Å². The van der Waals surface area contributed by atoms with Gasteiger partial charge in [0.25, 0.3) is 0 Å². The van der Waals surface area contributed by atoms with E-state index >= 15 is 0 Å². The Kier molecular flexibility index (Phi) is 3.14. The van der Waals surface area contributed by atoms with Gasteiger partial charge in [0.05, 0.1) is 11.4 Å². The molecule has 66 valence electrons. The largest absolute Gasteiger partial charge is 0.593 e. The smallest absolute Gasteiger partial charge is 0.173 e. The van der Waals surface area contributed by atoms with Crippen LogP contribution in [0.3, 0.4) is 0 Å². The van der Waals surface area contributed by atoms with Crippen LogP contribution in [0.4, 0.5) is 0 Å². The highest BCUT2D eigenvalue weighted by Crippen LogP contribution is 2.17. The van der Waals surface area contributed by atoms with Crippen molar-refractivity contribution in [3.05, 3.63) is 29.8 Å². The molecule has 0 heterocycles. The number of nitrogens with two attached hydrogens (primary N) is 1. The predicted molar refractivity (Wildman–Crippen MR) is 51.1 cm³/mol. The molecule has 1 unspecified atom stereocenters. The van der Waals surface area contributed by atoms with Crippen LogP contribution in [0.25, 0.3) is 0 Å². The maximum atomic E-state index is 10.9. The molecule has 12 heavy (non-hydrogen) atoms. The first-order chi connectivity index (χ1) is 5.61. The van der Waals surface area contributed by atoms with Gasteiger partial charge in [-0.15, -0.1) is 5.14 Å². The molecule has 0 radical (unpaired) electrons. The molecular weight excluding hydrogens is 170 g/mol. The second kappa shape index (κ2) is 3.94. The first-order valence-electron chi connectivity index (χ1n) is 3.87. The molecule has 0 saturated heterocycles. The van der Waals surface area contributed by atoms with Crippen LogP contribution < -0.4 is 5.14 Å². The van der Waals surface area contributed by atoms with Crippen LogP contribution in [-0.2, 0) is 11.4 Å². The van der Waals surface area contributed by atoms with E-state index in [4.69, 9.17) is 5.14 Å². The summed E-state index contributed by atoms with van der Waals surface area (Å²) in [6, 6.07) is 7.57. The highest BCUT2D eigenvalue weighted by Gasteiger charge is 2.07. The summed E-state index contributed by atoms with van der Waals surface area (Å²) in [7, 11) is 0. The van der Waals surface area contributed by atoms with Gasteiger partial charge in [0.2, 0.25) is 0 Å². The molecule has 0 aliphatic rings. The van der Waals surface area contributed by atoms with E-state index in [1.54, 1.807) is 6.07 Å². The van der Waals surface area contributed by atoms with Gasteiger partial charge < -0.3 is 4.55 Å². The number of hydrogen-bond acceptors (Lipinski definition) is 2. The van der Waals surface area contributed by atoms with Crippen molar-refractivity contribution in [2.75, 3.05) is 0 Å². The van der Waals surface area contributed by atoms with Crippen LogP contribution in [0.15, 0.2) is 29.2 Å². The number of benzene rings is 1. The number of rotatable bonds is 2. The fraction of sp³-hybridized carbons (Fsp3) is 0.333. The van der Waals surface area contributed by atoms with Crippen LogP contribution in [0.1, 0.15) is 25.3 Å². The van der Waals surface area contributed by atoms with Gasteiger partial charge in [-0.25, -0.2) is 0 Å². The van der Waals surface area contributed by atoms with Crippen LogP contribution >= 0.6 is 0 Å².